The number of fused-ring (bicyclic) bond motifs is 3. The highest BCUT2D eigenvalue weighted by Gasteiger charge is 2.37. The predicted molar refractivity (Wildman–Crippen MR) is 137 cm³/mol. The van der Waals surface area contributed by atoms with Crippen LogP contribution in [0.25, 0.3) is 11.3 Å². The summed E-state index contributed by atoms with van der Waals surface area (Å²) < 4.78 is 12.0. The van der Waals surface area contributed by atoms with Gasteiger partial charge in [-0.05, 0) is 58.4 Å². The highest BCUT2D eigenvalue weighted by atomic mass is 35.9. The van der Waals surface area contributed by atoms with E-state index < -0.39 is 24.7 Å². The number of halogens is 2. The summed E-state index contributed by atoms with van der Waals surface area (Å²) in [7, 11) is 2.04. The number of methoxy groups -OCH3 is 1. The molecular formula is C22H20Cl2N4O4P2. The first-order valence-corrected chi connectivity index (χ1v) is 14.3. The minimum atomic E-state index is -1.63. The number of azo groups is 1. The van der Waals surface area contributed by atoms with Gasteiger partial charge >= 0.3 is 5.97 Å². The zero-order valence-electron chi connectivity index (χ0n) is 18.5. The van der Waals surface area contributed by atoms with Crippen molar-refractivity contribution >= 4 is 65.6 Å². The Balaban J connectivity index is 1.94. The molecule has 0 unspecified atom stereocenters. The number of amides is 1. The fourth-order valence-electron chi connectivity index (χ4n) is 3.52. The number of ether oxygens (including phenoxy) is 2. The quantitative estimate of drug-likeness (QED) is 0.211. The summed E-state index contributed by atoms with van der Waals surface area (Å²) in [6, 6.07) is 12.5. The van der Waals surface area contributed by atoms with Crippen LogP contribution in [-0.2, 0) is 9.53 Å². The minimum absolute atomic E-state index is 0.173. The van der Waals surface area contributed by atoms with Gasteiger partial charge in [-0.2, -0.15) is 10.2 Å². The van der Waals surface area contributed by atoms with Crippen LogP contribution in [0.15, 0.2) is 52.7 Å². The van der Waals surface area contributed by atoms with E-state index in [0.717, 1.165) is 5.56 Å². The van der Waals surface area contributed by atoms with E-state index in [1.807, 2.05) is 19.1 Å². The Bertz CT molecular complexity index is 1280. The Labute approximate surface area is 208 Å². The first kappa shape index (κ1) is 24.6. The van der Waals surface area contributed by atoms with Crippen LogP contribution >= 0.6 is 37.3 Å². The third kappa shape index (κ3) is 4.82. The molecule has 1 aliphatic heterocycles. The van der Waals surface area contributed by atoms with Crippen molar-refractivity contribution in [1.29, 1.82) is 0 Å². The summed E-state index contributed by atoms with van der Waals surface area (Å²) in [6.45, 7) is 2.19. The van der Waals surface area contributed by atoms with Gasteiger partial charge in [0.2, 0.25) is 6.17 Å². The van der Waals surface area contributed by atoms with Gasteiger partial charge in [-0.3, -0.25) is 9.36 Å². The molecule has 2 heterocycles. The maximum Gasteiger partial charge on any atom is 0.359 e. The van der Waals surface area contributed by atoms with Crippen molar-refractivity contribution in [2.45, 2.75) is 20.0 Å². The number of hydrogen-bond acceptors (Lipinski definition) is 6. The number of nitrogens with one attached hydrogen (secondary N) is 1. The van der Waals surface area contributed by atoms with Crippen molar-refractivity contribution in [3.05, 3.63) is 53.5 Å². The van der Waals surface area contributed by atoms with Crippen LogP contribution in [0.5, 0.6) is 5.75 Å². The number of carbonyl (C=O) groups excluding carboxylic acids is 2. The van der Waals surface area contributed by atoms with E-state index in [1.165, 1.54) is 0 Å². The number of rotatable bonds is 6. The van der Waals surface area contributed by atoms with Gasteiger partial charge in [-0.15, -0.1) is 0 Å². The number of benzene rings is 2. The highest BCUT2D eigenvalue weighted by molar-refractivity contribution is 8.11. The van der Waals surface area contributed by atoms with Gasteiger partial charge in [-0.1, -0.05) is 34.1 Å². The van der Waals surface area contributed by atoms with Crippen molar-refractivity contribution in [3.8, 4) is 17.0 Å². The lowest BCUT2D eigenvalue weighted by molar-refractivity contribution is -0.119. The Kier molecular flexibility index (Phi) is 7.54. The molecule has 2 aromatic carbocycles. The summed E-state index contributed by atoms with van der Waals surface area (Å²) >= 11 is 12.8. The number of hydrogen-bond donors (Lipinski definition) is 1. The predicted octanol–water partition coefficient (Wildman–Crippen LogP) is 6.88. The molecule has 0 bridgehead atoms. The standard InChI is InChI=1S/C22H20Cl2N4O4P2/c1-4-32-21(30)20-28-17(22(33-20)34(23)24)15-11-12(2)5-10-16(15)25-19(29)18(28)27-26-13-6-8-14(31-3)9-7-13/h5-11,18H,4H2,1-3H3,(H,25,29)/t18-/m1/s1. The molecule has 34 heavy (non-hydrogen) atoms. The van der Waals surface area contributed by atoms with E-state index in [4.69, 9.17) is 32.0 Å². The van der Waals surface area contributed by atoms with Gasteiger partial charge in [-0.25, -0.2) is 4.79 Å². The van der Waals surface area contributed by atoms with Crippen molar-refractivity contribution in [1.82, 2.24) is 4.57 Å². The second-order valence-corrected chi connectivity index (χ2v) is 12.2. The lowest BCUT2D eigenvalue weighted by Gasteiger charge is -2.16. The van der Waals surface area contributed by atoms with Crippen LogP contribution in [0.2, 0.25) is 0 Å². The molecule has 0 saturated carbocycles. The number of anilines is 1. The molecule has 1 amide bonds. The average Bonchev–Trinajstić information content (AvgIpc) is 3.16. The van der Waals surface area contributed by atoms with Crippen molar-refractivity contribution < 1.29 is 19.1 Å². The molecule has 4 rings (SSSR count). The smallest absolute Gasteiger partial charge is 0.359 e. The second-order valence-electron chi connectivity index (χ2n) is 7.26. The summed E-state index contributed by atoms with van der Waals surface area (Å²) in [5, 5.41) is 12.1. The van der Waals surface area contributed by atoms with Gasteiger partial charge in [0.25, 0.3) is 5.91 Å². The zero-order chi connectivity index (χ0) is 24.4. The topological polar surface area (TPSA) is 94.3 Å². The average molecular weight is 537 g/mol. The van der Waals surface area contributed by atoms with E-state index in [2.05, 4.69) is 15.5 Å². The van der Waals surface area contributed by atoms with Crippen molar-refractivity contribution in [2.24, 2.45) is 10.2 Å². The Morgan fingerprint density at radius 3 is 2.62 bits per heavy atom. The van der Waals surface area contributed by atoms with E-state index in [0.29, 0.717) is 41.6 Å². The summed E-state index contributed by atoms with van der Waals surface area (Å²) in [6.07, 6.45) is -1.18. The molecule has 3 aromatic rings. The molecule has 0 saturated heterocycles. The molecule has 1 atom stereocenters. The summed E-state index contributed by atoms with van der Waals surface area (Å²) in [5.74, 6) is -0.361. The first-order chi connectivity index (χ1) is 16.3. The number of aromatic nitrogens is 1. The summed E-state index contributed by atoms with van der Waals surface area (Å²) in [4.78, 5) is 26.3. The molecule has 8 nitrogen and oxygen atoms in total. The maximum atomic E-state index is 13.4. The van der Waals surface area contributed by atoms with Gasteiger partial charge in [0.1, 0.15) is 12.4 Å². The van der Waals surface area contributed by atoms with Crippen LogP contribution in [0.4, 0.5) is 11.4 Å². The van der Waals surface area contributed by atoms with Gasteiger partial charge in [0.05, 0.1) is 35.8 Å². The number of nitrogens with zero attached hydrogens (tertiary/aromatic N) is 3. The van der Waals surface area contributed by atoms with Gasteiger partial charge < -0.3 is 14.8 Å². The van der Waals surface area contributed by atoms with Crippen molar-refractivity contribution in [2.75, 3.05) is 19.0 Å². The molecule has 0 radical (unpaired) electrons. The molecule has 0 spiro atoms. The highest BCUT2D eigenvalue weighted by Crippen LogP contribution is 2.53. The largest absolute Gasteiger partial charge is 0.497 e. The molecule has 12 heteroatoms. The van der Waals surface area contributed by atoms with E-state index in [1.54, 1.807) is 48.9 Å². The van der Waals surface area contributed by atoms with Crippen molar-refractivity contribution in [3.63, 3.8) is 0 Å². The first-order valence-electron chi connectivity index (χ1n) is 10.2. The van der Waals surface area contributed by atoms with E-state index in [-0.39, 0.29) is 12.0 Å². The maximum absolute atomic E-state index is 13.4. The zero-order valence-corrected chi connectivity index (χ0v) is 21.8. The number of carbonyl (C=O) groups is 2. The lowest BCUT2D eigenvalue weighted by atomic mass is 10.1. The Morgan fingerprint density at radius 1 is 1.24 bits per heavy atom. The summed E-state index contributed by atoms with van der Waals surface area (Å²) in [5.41, 5.74) is 3.53. The lowest BCUT2D eigenvalue weighted by Crippen LogP contribution is -2.25. The van der Waals surface area contributed by atoms with Crippen LogP contribution in [0.3, 0.4) is 0 Å². The van der Waals surface area contributed by atoms with Crippen LogP contribution in [0, 0.1) is 6.92 Å². The van der Waals surface area contributed by atoms with E-state index in [9.17, 15) is 9.59 Å². The molecule has 1 N–H and O–H groups in total. The molecular weight excluding hydrogens is 517 g/mol. The molecule has 1 aliphatic rings. The van der Waals surface area contributed by atoms with E-state index >= 15 is 0 Å². The molecule has 1 aromatic heterocycles. The molecule has 0 fully saturated rings. The second kappa shape index (κ2) is 10.4. The fraction of sp³-hybridized carbons (Fsp3) is 0.227. The van der Waals surface area contributed by atoms with Gasteiger partial charge in [0, 0.05) is 5.56 Å². The SMILES string of the molecule is CCOC(=O)c1pc(P(Cl)Cl)c2n1[C@@H](N=Nc1ccc(OC)cc1)C(=O)Nc1ccc(C)cc1-2. The van der Waals surface area contributed by atoms with Crippen LogP contribution in [0.1, 0.15) is 28.9 Å². The number of aryl methyl sites for hydroxylation is 1. The molecule has 0 aliphatic carbocycles. The minimum Gasteiger partial charge on any atom is -0.497 e. The normalized spacial score (nSPS) is 15.2. The third-order valence-electron chi connectivity index (χ3n) is 5.03. The molecule has 176 valence electrons. The van der Waals surface area contributed by atoms with Crippen LogP contribution in [-0.4, -0.2) is 30.2 Å². The van der Waals surface area contributed by atoms with Gasteiger partial charge in [0.15, 0.2) is 5.43 Å². The third-order valence-corrected chi connectivity index (χ3v) is 9.22. The monoisotopic (exact) mass is 536 g/mol. The Hall–Kier alpha value is -2.50. The fourth-order valence-corrected chi connectivity index (χ4v) is 6.66. The van der Waals surface area contributed by atoms with Crippen LogP contribution < -0.4 is 15.1 Å². The Morgan fingerprint density at radius 2 is 1.97 bits per heavy atom. The number of esters is 1.